The molecule has 1 aromatic heterocycles. The molecule has 18 heavy (non-hydrogen) atoms. The highest BCUT2D eigenvalue weighted by Gasteiger charge is 2.28. The lowest BCUT2D eigenvalue weighted by molar-refractivity contribution is 0.928. The largest absolute Gasteiger partial charge is 0.383 e. The highest BCUT2D eigenvalue weighted by molar-refractivity contribution is 6.33. The molecule has 92 valence electrons. The minimum absolute atomic E-state index is 0.481. The third-order valence-corrected chi connectivity index (χ3v) is 3.60. The molecule has 0 amide bonds. The second-order valence-corrected chi connectivity index (χ2v) is 5.10. The molecule has 1 heterocycles. The van der Waals surface area contributed by atoms with E-state index in [0.29, 0.717) is 16.8 Å². The number of halogens is 1. The van der Waals surface area contributed by atoms with E-state index in [0.717, 1.165) is 35.5 Å². The number of nitrogens with zero attached hydrogens (tertiary/aromatic N) is 2. The topological polar surface area (TPSA) is 51.8 Å². The second kappa shape index (κ2) is 4.25. The van der Waals surface area contributed by atoms with Gasteiger partial charge in [-0.15, -0.1) is 0 Å². The number of nitrogen functional groups attached to an aromatic ring is 1. The molecular formula is C14H14ClN3. The molecule has 0 bridgehead atoms. The Balaban J connectivity index is 2.18. The summed E-state index contributed by atoms with van der Waals surface area (Å²) >= 11 is 6.23. The van der Waals surface area contributed by atoms with Crippen LogP contribution < -0.4 is 5.73 Å². The molecule has 0 atom stereocenters. The van der Waals surface area contributed by atoms with E-state index in [9.17, 15) is 0 Å². The first kappa shape index (κ1) is 11.5. The Morgan fingerprint density at radius 1 is 1.22 bits per heavy atom. The van der Waals surface area contributed by atoms with E-state index in [1.54, 1.807) is 0 Å². The standard InChI is InChI=1S/C14H14ClN3/c1-8-12(10-4-2-3-5-11(10)15)17-14(9-6-7-9)18-13(8)16/h2-5,9H,6-7H2,1H3,(H2,16,17,18). The number of hydrogen-bond acceptors (Lipinski definition) is 3. The highest BCUT2D eigenvalue weighted by Crippen LogP contribution is 2.40. The fourth-order valence-corrected chi connectivity index (χ4v) is 2.22. The van der Waals surface area contributed by atoms with Gasteiger partial charge in [0, 0.05) is 22.1 Å². The molecular weight excluding hydrogens is 246 g/mol. The zero-order chi connectivity index (χ0) is 12.7. The summed E-state index contributed by atoms with van der Waals surface area (Å²) in [4.78, 5) is 9.02. The summed E-state index contributed by atoms with van der Waals surface area (Å²) in [6.45, 7) is 1.94. The average molecular weight is 260 g/mol. The van der Waals surface area contributed by atoms with Crippen molar-refractivity contribution in [2.45, 2.75) is 25.7 Å². The molecule has 3 nitrogen and oxygen atoms in total. The summed E-state index contributed by atoms with van der Waals surface area (Å²) in [6, 6.07) is 7.70. The molecule has 4 heteroatoms. The van der Waals surface area contributed by atoms with Gasteiger partial charge in [-0.3, -0.25) is 0 Å². The fourth-order valence-electron chi connectivity index (χ4n) is 1.99. The zero-order valence-corrected chi connectivity index (χ0v) is 10.9. The Morgan fingerprint density at radius 2 is 1.94 bits per heavy atom. The van der Waals surface area contributed by atoms with Crippen molar-refractivity contribution in [1.29, 1.82) is 0 Å². The lowest BCUT2D eigenvalue weighted by Gasteiger charge is -2.11. The Labute approximate surface area is 111 Å². The van der Waals surface area contributed by atoms with Gasteiger partial charge in [0.1, 0.15) is 11.6 Å². The predicted octanol–water partition coefficient (Wildman–Crippen LogP) is 3.57. The van der Waals surface area contributed by atoms with Gasteiger partial charge in [-0.1, -0.05) is 29.8 Å². The summed E-state index contributed by atoms with van der Waals surface area (Å²) in [5.41, 5.74) is 8.66. The lowest BCUT2D eigenvalue weighted by Crippen LogP contribution is -2.04. The minimum Gasteiger partial charge on any atom is -0.383 e. The van der Waals surface area contributed by atoms with Gasteiger partial charge in [0.25, 0.3) is 0 Å². The first-order valence-corrected chi connectivity index (χ1v) is 6.43. The molecule has 1 aromatic carbocycles. The van der Waals surface area contributed by atoms with Crippen molar-refractivity contribution in [1.82, 2.24) is 9.97 Å². The van der Waals surface area contributed by atoms with Crippen molar-refractivity contribution in [3.63, 3.8) is 0 Å². The summed E-state index contributed by atoms with van der Waals surface area (Å²) in [6.07, 6.45) is 2.31. The quantitative estimate of drug-likeness (QED) is 0.897. The van der Waals surface area contributed by atoms with Crippen LogP contribution in [0.4, 0.5) is 5.82 Å². The average Bonchev–Trinajstić information content (AvgIpc) is 3.18. The molecule has 0 aliphatic heterocycles. The van der Waals surface area contributed by atoms with Crippen molar-refractivity contribution in [3.8, 4) is 11.3 Å². The molecule has 3 rings (SSSR count). The molecule has 1 aliphatic rings. The number of anilines is 1. The zero-order valence-electron chi connectivity index (χ0n) is 10.2. The van der Waals surface area contributed by atoms with E-state index in [4.69, 9.17) is 17.3 Å². The van der Waals surface area contributed by atoms with Gasteiger partial charge in [0.2, 0.25) is 0 Å². The van der Waals surface area contributed by atoms with E-state index in [1.807, 2.05) is 31.2 Å². The fraction of sp³-hybridized carbons (Fsp3) is 0.286. The number of benzene rings is 1. The second-order valence-electron chi connectivity index (χ2n) is 4.69. The summed E-state index contributed by atoms with van der Waals surface area (Å²) < 4.78 is 0. The maximum Gasteiger partial charge on any atom is 0.134 e. The van der Waals surface area contributed by atoms with E-state index in [1.165, 1.54) is 0 Å². The number of rotatable bonds is 2. The van der Waals surface area contributed by atoms with Crippen LogP contribution in [0.15, 0.2) is 24.3 Å². The number of hydrogen-bond donors (Lipinski definition) is 1. The van der Waals surface area contributed by atoms with Crippen LogP contribution >= 0.6 is 11.6 Å². The molecule has 0 radical (unpaired) electrons. The predicted molar refractivity (Wildman–Crippen MR) is 73.6 cm³/mol. The van der Waals surface area contributed by atoms with E-state index in [-0.39, 0.29) is 0 Å². The normalized spacial score (nSPS) is 14.8. The van der Waals surface area contributed by atoms with Crippen LogP contribution in [-0.2, 0) is 0 Å². The molecule has 0 spiro atoms. The maximum absolute atomic E-state index is 6.23. The van der Waals surface area contributed by atoms with Gasteiger partial charge in [-0.25, -0.2) is 9.97 Å². The SMILES string of the molecule is Cc1c(N)nc(C2CC2)nc1-c1ccccc1Cl. The Kier molecular flexibility index (Phi) is 2.71. The summed E-state index contributed by atoms with van der Waals surface area (Å²) in [5, 5.41) is 0.695. The summed E-state index contributed by atoms with van der Waals surface area (Å²) in [5.74, 6) is 1.89. The maximum atomic E-state index is 6.23. The van der Waals surface area contributed by atoms with Gasteiger partial charge in [0.15, 0.2) is 0 Å². The van der Waals surface area contributed by atoms with Crippen molar-refractivity contribution in [3.05, 3.63) is 40.7 Å². The van der Waals surface area contributed by atoms with Crippen LogP contribution in [0.2, 0.25) is 5.02 Å². The van der Waals surface area contributed by atoms with Crippen molar-refractivity contribution in [2.24, 2.45) is 0 Å². The lowest BCUT2D eigenvalue weighted by atomic mass is 10.1. The number of aromatic nitrogens is 2. The molecule has 1 aliphatic carbocycles. The van der Waals surface area contributed by atoms with Crippen LogP contribution in [0, 0.1) is 6.92 Å². The molecule has 0 saturated heterocycles. The van der Waals surface area contributed by atoms with Crippen LogP contribution in [0.1, 0.15) is 30.1 Å². The molecule has 0 unspecified atom stereocenters. The van der Waals surface area contributed by atoms with Crippen LogP contribution in [0.3, 0.4) is 0 Å². The van der Waals surface area contributed by atoms with Crippen LogP contribution in [0.25, 0.3) is 11.3 Å². The third-order valence-electron chi connectivity index (χ3n) is 3.27. The monoisotopic (exact) mass is 259 g/mol. The van der Waals surface area contributed by atoms with Gasteiger partial charge >= 0.3 is 0 Å². The minimum atomic E-state index is 0.481. The van der Waals surface area contributed by atoms with Crippen LogP contribution in [-0.4, -0.2) is 9.97 Å². The molecule has 2 N–H and O–H groups in total. The van der Waals surface area contributed by atoms with Crippen molar-refractivity contribution < 1.29 is 0 Å². The van der Waals surface area contributed by atoms with E-state index in [2.05, 4.69) is 9.97 Å². The summed E-state index contributed by atoms with van der Waals surface area (Å²) in [7, 11) is 0. The highest BCUT2D eigenvalue weighted by atomic mass is 35.5. The van der Waals surface area contributed by atoms with Gasteiger partial charge < -0.3 is 5.73 Å². The Morgan fingerprint density at radius 3 is 2.61 bits per heavy atom. The third kappa shape index (κ3) is 1.95. The van der Waals surface area contributed by atoms with Crippen molar-refractivity contribution >= 4 is 17.4 Å². The first-order valence-electron chi connectivity index (χ1n) is 6.05. The first-order chi connectivity index (χ1) is 8.66. The van der Waals surface area contributed by atoms with Gasteiger partial charge in [-0.05, 0) is 25.8 Å². The Hall–Kier alpha value is -1.61. The molecule has 2 aromatic rings. The van der Waals surface area contributed by atoms with E-state index < -0.39 is 0 Å². The van der Waals surface area contributed by atoms with Crippen LogP contribution in [0.5, 0.6) is 0 Å². The van der Waals surface area contributed by atoms with E-state index >= 15 is 0 Å². The number of nitrogens with two attached hydrogens (primary N) is 1. The van der Waals surface area contributed by atoms with Gasteiger partial charge in [0.05, 0.1) is 5.69 Å². The molecule has 1 fully saturated rings. The molecule has 1 saturated carbocycles. The van der Waals surface area contributed by atoms with Crippen molar-refractivity contribution in [2.75, 3.05) is 5.73 Å². The van der Waals surface area contributed by atoms with Gasteiger partial charge in [-0.2, -0.15) is 0 Å². The Bertz CT molecular complexity index is 606. The smallest absolute Gasteiger partial charge is 0.134 e.